The molecule has 1 aromatic heterocycles. The number of nitrogens with zero attached hydrogens (tertiary/aromatic N) is 1. The van der Waals surface area contributed by atoms with Gasteiger partial charge in [-0.2, -0.15) is 0 Å². The predicted octanol–water partition coefficient (Wildman–Crippen LogP) is 6.59. The van der Waals surface area contributed by atoms with Crippen LogP contribution in [0.2, 0.25) is 0 Å². The summed E-state index contributed by atoms with van der Waals surface area (Å²) in [7, 11) is 0. The molecule has 3 aliphatic heterocycles. The molecule has 3 aromatic carbocycles. The van der Waals surface area contributed by atoms with Crippen molar-refractivity contribution >= 4 is 60.4 Å². The molecule has 0 saturated carbocycles. The second kappa shape index (κ2) is 12.1. The molecule has 7 rings (SSSR count). The van der Waals surface area contributed by atoms with Crippen LogP contribution in [-0.2, 0) is 16.0 Å². The number of alkyl halides is 4. The second-order valence-corrected chi connectivity index (χ2v) is 22.3. The number of halogens is 3. The van der Waals surface area contributed by atoms with Crippen molar-refractivity contribution in [3.8, 4) is 11.5 Å². The van der Waals surface area contributed by atoms with Gasteiger partial charge in [0, 0.05) is 0 Å². The Bertz CT molecular complexity index is 1610. The van der Waals surface area contributed by atoms with Crippen LogP contribution in [0, 0.1) is 9.39 Å². The summed E-state index contributed by atoms with van der Waals surface area (Å²) in [5, 5.41) is 1.25. The fourth-order valence-electron chi connectivity index (χ4n) is 5.55. The van der Waals surface area contributed by atoms with E-state index in [0.717, 1.165) is 25.6 Å². The Morgan fingerprint density at radius 2 is 1.69 bits per heavy atom. The summed E-state index contributed by atoms with van der Waals surface area (Å²) >= 11 is -2.58. The molecule has 1 unspecified atom stereocenters. The van der Waals surface area contributed by atoms with Crippen molar-refractivity contribution in [2.45, 2.75) is 12.5 Å². The van der Waals surface area contributed by atoms with Crippen LogP contribution in [0.25, 0.3) is 10.9 Å². The van der Waals surface area contributed by atoms with Crippen molar-refractivity contribution in [1.29, 1.82) is 0 Å². The average molecular weight is 796 g/mol. The van der Waals surface area contributed by atoms with Gasteiger partial charge in [0.15, 0.2) is 0 Å². The predicted molar refractivity (Wildman–Crippen MR) is 177 cm³/mol. The third-order valence-corrected chi connectivity index (χ3v) is 17.9. The maximum absolute atomic E-state index is 13.5. The normalized spacial score (nSPS) is 19.8. The summed E-state index contributed by atoms with van der Waals surface area (Å²) in [5.74, 6) is 0.537. The van der Waals surface area contributed by atoms with E-state index in [1.165, 1.54) is 47.6 Å². The van der Waals surface area contributed by atoms with Crippen molar-refractivity contribution < 1.29 is 28.2 Å². The van der Waals surface area contributed by atoms with Crippen molar-refractivity contribution in [3.63, 3.8) is 0 Å². The molecule has 7 nitrogen and oxygen atoms in total. The number of rotatable bonds is 7. The quantitative estimate of drug-likeness (QED) is 0.130. The molecular formula is C32H31FI2N2O5. The zero-order chi connectivity index (χ0) is 28.6. The van der Waals surface area contributed by atoms with E-state index in [-0.39, 0.29) is 16.2 Å². The van der Waals surface area contributed by atoms with Gasteiger partial charge in [-0.25, -0.2) is 4.39 Å². The molecule has 0 bridgehead atoms. The minimum absolute atomic E-state index is 0.100. The molecule has 0 radical (unpaired) electrons. The zero-order valence-corrected chi connectivity index (χ0v) is 27.2. The summed E-state index contributed by atoms with van der Waals surface area (Å²) in [6, 6.07) is 19.6. The molecule has 0 spiro atoms. The van der Waals surface area contributed by atoms with E-state index in [0.29, 0.717) is 37.7 Å². The SMILES string of the molecule is O=C(Oc1ccc(F)cc1)N1CCc2c([nH]c3ccc(I4CC4)cc23)C1c1ccc(OCC(=O)I2CCOCC2)cc1. The summed E-state index contributed by atoms with van der Waals surface area (Å²) in [6.45, 7) is 1.96. The van der Waals surface area contributed by atoms with E-state index < -0.39 is 51.8 Å². The number of hydrogen-bond acceptors (Lipinski definition) is 5. The Morgan fingerprint density at radius 1 is 0.952 bits per heavy atom. The number of hydrogen-bond donors (Lipinski definition) is 1. The van der Waals surface area contributed by atoms with E-state index in [9.17, 15) is 14.0 Å². The molecule has 1 N–H and O–H groups in total. The maximum atomic E-state index is 13.5. The Morgan fingerprint density at radius 3 is 2.43 bits per heavy atom. The van der Waals surface area contributed by atoms with E-state index >= 15 is 0 Å². The first kappa shape index (κ1) is 28.1. The molecule has 1 amide bonds. The third kappa shape index (κ3) is 5.89. The van der Waals surface area contributed by atoms with Crippen molar-refractivity contribution in [2.24, 2.45) is 0 Å². The monoisotopic (exact) mass is 796 g/mol. The third-order valence-electron chi connectivity index (χ3n) is 7.77. The van der Waals surface area contributed by atoms with Gasteiger partial charge in [0.25, 0.3) is 0 Å². The number of fused-ring (bicyclic) bond motifs is 3. The van der Waals surface area contributed by atoms with Crippen molar-refractivity contribution in [3.05, 3.63) is 92.9 Å². The topological polar surface area (TPSA) is 80.9 Å². The number of carbonyl (C=O) groups is 2. The van der Waals surface area contributed by atoms with Crippen LogP contribution < -0.4 is 9.47 Å². The van der Waals surface area contributed by atoms with Crippen molar-refractivity contribution in [1.82, 2.24) is 9.88 Å². The van der Waals surface area contributed by atoms with Gasteiger partial charge in [0.1, 0.15) is 5.82 Å². The average Bonchev–Trinajstić information content (AvgIpc) is 3.81. The van der Waals surface area contributed by atoms with Gasteiger partial charge in [0.05, 0.1) is 0 Å². The number of ether oxygens (including phenoxy) is 3. The molecular weight excluding hydrogens is 765 g/mol. The van der Waals surface area contributed by atoms with Gasteiger partial charge in [-0.1, -0.05) is 0 Å². The molecule has 3 aliphatic rings. The summed E-state index contributed by atoms with van der Waals surface area (Å²) in [5.41, 5.74) is 4.22. The van der Waals surface area contributed by atoms with Crippen LogP contribution in [-0.4, -0.2) is 63.8 Å². The molecule has 42 heavy (non-hydrogen) atoms. The molecule has 2 fully saturated rings. The first-order valence-corrected chi connectivity index (χ1v) is 22.2. The van der Waals surface area contributed by atoms with Gasteiger partial charge in [0.2, 0.25) is 0 Å². The first-order valence-electron chi connectivity index (χ1n) is 14.0. The Balaban J connectivity index is 1.17. The number of aromatic amines is 1. The molecule has 0 aliphatic carbocycles. The van der Waals surface area contributed by atoms with E-state index in [2.05, 4.69) is 23.2 Å². The van der Waals surface area contributed by atoms with Crippen LogP contribution in [0.3, 0.4) is 0 Å². The fraction of sp³-hybridized carbons (Fsp3) is 0.312. The molecule has 1 atom stereocenters. The Kier molecular flexibility index (Phi) is 8.10. The number of H-pyrrole nitrogens is 1. The standard InChI is InChI=1S/C32H31FI2N2O5/c33-22-3-8-25(9-4-22)42-32(39)37-16-11-26-27-19-23(34-12-13-34)5-10-28(27)36-30(26)31(37)21-1-6-24(7-2-21)41-20-29(38)35-14-17-40-18-15-35/h1-10,19,31,36H,11-18,20H2. The molecule has 10 heteroatoms. The molecule has 2 saturated heterocycles. The summed E-state index contributed by atoms with van der Waals surface area (Å²) in [4.78, 5) is 31.6. The van der Waals surface area contributed by atoms with Crippen molar-refractivity contribution in [2.75, 3.05) is 44.1 Å². The number of carbonyl (C=O) groups excluding carboxylic acids is 2. The Labute approximate surface area is 257 Å². The van der Waals surface area contributed by atoms with Crippen LogP contribution in [0.1, 0.15) is 22.9 Å². The number of nitrogens with one attached hydrogen (secondary N) is 1. The van der Waals surface area contributed by atoms with Gasteiger partial charge >= 0.3 is 249 Å². The Hall–Kier alpha value is -2.71. The fourth-order valence-corrected chi connectivity index (χ4v) is 13.8. The minimum atomic E-state index is -1.66. The van der Waals surface area contributed by atoms with E-state index in [1.54, 1.807) is 4.90 Å². The number of aromatic nitrogens is 1. The van der Waals surface area contributed by atoms with Crippen LogP contribution in [0.4, 0.5) is 9.18 Å². The summed E-state index contributed by atoms with van der Waals surface area (Å²) in [6.07, 6.45) is 0.220. The number of amides is 1. The summed E-state index contributed by atoms with van der Waals surface area (Å²) < 4.78 is 36.8. The molecule has 4 heterocycles. The van der Waals surface area contributed by atoms with Gasteiger partial charge in [-0.05, 0) is 0 Å². The zero-order valence-electron chi connectivity index (χ0n) is 22.9. The van der Waals surface area contributed by atoms with Crippen LogP contribution in [0.5, 0.6) is 11.5 Å². The van der Waals surface area contributed by atoms with E-state index in [4.69, 9.17) is 14.2 Å². The first-order chi connectivity index (χ1) is 20.5. The van der Waals surface area contributed by atoms with Crippen LogP contribution in [0.15, 0.2) is 66.7 Å². The van der Waals surface area contributed by atoms with Gasteiger partial charge in [-0.15, -0.1) is 0 Å². The van der Waals surface area contributed by atoms with Gasteiger partial charge < -0.3 is 0 Å². The van der Waals surface area contributed by atoms with Crippen LogP contribution >= 0.6 is 39.6 Å². The number of benzene rings is 3. The molecule has 4 aromatic rings. The van der Waals surface area contributed by atoms with E-state index in [1.807, 2.05) is 24.3 Å². The second-order valence-electron chi connectivity index (χ2n) is 10.4. The molecule has 220 valence electrons. The van der Waals surface area contributed by atoms with Gasteiger partial charge in [-0.3, -0.25) is 0 Å².